The van der Waals surface area contributed by atoms with Gasteiger partial charge in [0.1, 0.15) is 5.15 Å². The van der Waals surface area contributed by atoms with Gasteiger partial charge in [0, 0.05) is 30.4 Å². The summed E-state index contributed by atoms with van der Waals surface area (Å²) in [6, 6.07) is 5.08. The Morgan fingerprint density at radius 2 is 1.96 bits per heavy atom. The van der Waals surface area contributed by atoms with Crippen molar-refractivity contribution in [2.45, 2.75) is 0 Å². The van der Waals surface area contributed by atoms with Gasteiger partial charge in [-0.2, -0.15) is 0 Å². The van der Waals surface area contributed by atoms with Crippen LogP contribution in [0.5, 0.6) is 11.5 Å². The van der Waals surface area contributed by atoms with Crippen molar-refractivity contribution in [2.75, 3.05) is 36.5 Å². The molecule has 0 amide bonds. The highest BCUT2D eigenvalue weighted by atomic mass is 35.5. The number of thiazole rings is 1. The first-order valence-electron chi connectivity index (χ1n) is 7.77. The fourth-order valence-electron chi connectivity index (χ4n) is 2.34. The van der Waals surface area contributed by atoms with Gasteiger partial charge in [-0.25, -0.2) is 4.98 Å². The van der Waals surface area contributed by atoms with E-state index in [0.717, 1.165) is 5.13 Å². The van der Waals surface area contributed by atoms with E-state index in [4.69, 9.17) is 44.3 Å². The molecule has 9 heteroatoms. The number of rotatable bonds is 8. The summed E-state index contributed by atoms with van der Waals surface area (Å²) in [6.07, 6.45) is 3.13. The Balaban J connectivity index is 1.74. The number of hydrogen-bond donors (Lipinski definition) is 0. The van der Waals surface area contributed by atoms with Gasteiger partial charge < -0.3 is 14.4 Å². The lowest BCUT2D eigenvalue weighted by Gasteiger charge is -2.18. The minimum absolute atomic E-state index is 0.160. The lowest BCUT2D eigenvalue weighted by molar-refractivity contribution is 0.104. The number of benzene rings is 1. The minimum Gasteiger partial charge on any atom is -0.454 e. The van der Waals surface area contributed by atoms with Crippen LogP contribution in [0.25, 0.3) is 6.08 Å². The zero-order valence-corrected chi connectivity index (χ0v) is 16.7. The van der Waals surface area contributed by atoms with Crippen molar-refractivity contribution in [2.24, 2.45) is 0 Å². The second-order valence-electron chi connectivity index (χ2n) is 5.28. The van der Waals surface area contributed by atoms with Gasteiger partial charge in [0.2, 0.25) is 6.79 Å². The summed E-state index contributed by atoms with van der Waals surface area (Å²) in [5, 5.41) is 1.07. The van der Waals surface area contributed by atoms with Crippen LogP contribution in [-0.2, 0) is 0 Å². The van der Waals surface area contributed by atoms with Crippen molar-refractivity contribution in [3.05, 3.63) is 39.9 Å². The number of halogens is 3. The molecule has 1 aromatic heterocycles. The average molecular weight is 434 g/mol. The zero-order valence-electron chi connectivity index (χ0n) is 13.6. The van der Waals surface area contributed by atoms with E-state index >= 15 is 0 Å². The Bertz CT molecular complexity index is 820. The third-order valence-electron chi connectivity index (χ3n) is 3.62. The van der Waals surface area contributed by atoms with Crippen LogP contribution in [-0.4, -0.2) is 42.4 Å². The molecular formula is C17H15Cl3N2O3S. The Labute approximate surface area is 170 Å². The molecule has 0 radical (unpaired) electrons. The molecule has 0 saturated heterocycles. The fraction of sp³-hybridized carbons (Fsp3) is 0.294. The number of alkyl halides is 2. The van der Waals surface area contributed by atoms with E-state index < -0.39 is 0 Å². The maximum absolute atomic E-state index is 12.4. The molecule has 0 bridgehead atoms. The van der Waals surface area contributed by atoms with Crippen LogP contribution in [0.1, 0.15) is 15.2 Å². The minimum atomic E-state index is -0.160. The molecule has 0 atom stereocenters. The van der Waals surface area contributed by atoms with Crippen LogP contribution in [0, 0.1) is 0 Å². The number of fused-ring (bicyclic) bond motifs is 1. The highest BCUT2D eigenvalue weighted by molar-refractivity contribution is 7.17. The molecule has 5 nitrogen and oxygen atoms in total. The van der Waals surface area contributed by atoms with Crippen molar-refractivity contribution >= 4 is 63.1 Å². The van der Waals surface area contributed by atoms with Crippen LogP contribution < -0.4 is 14.4 Å². The van der Waals surface area contributed by atoms with E-state index in [1.54, 1.807) is 24.3 Å². The smallest absolute Gasteiger partial charge is 0.231 e. The largest absolute Gasteiger partial charge is 0.454 e. The molecule has 0 saturated carbocycles. The molecule has 138 valence electrons. The second-order valence-corrected chi connectivity index (χ2v) is 7.41. The highest BCUT2D eigenvalue weighted by Crippen LogP contribution is 2.33. The molecule has 1 aromatic carbocycles. The molecule has 0 aliphatic carbocycles. The number of carbonyl (C=O) groups is 1. The summed E-state index contributed by atoms with van der Waals surface area (Å²) in [5.74, 6) is 1.97. The van der Waals surface area contributed by atoms with Crippen molar-refractivity contribution in [3.63, 3.8) is 0 Å². The number of nitrogens with zero attached hydrogens (tertiary/aromatic N) is 2. The Hall–Kier alpha value is -1.47. The fourth-order valence-corrected chi connectivity index (χ4v) is 3.97. The van der Waals surface area contributed by atoms with E-state index in [0.29, 0.717) is 51.9 Å². The van der Waals surface area contributed by atoms with Crippen LogP contribution in [0.15, 0.2) is 24.3 Å². The number of ketones is 1. The lowest BCUT2D eigenvalue weighted by Crippen LogP contribution is -2.27. The van der Waals surface area contributed by atoms with Gasteiger partial charge in [0.15, 0.2) is 22.4 Å². The number of anilines is 1. The van der Waals surface area contributed by atoms with Gasteiger partial charge in [0.05, 0.1) is 4.88 Å². The van der Waals surface area contributed by atoms with Crippen LogP contribution in [0.4, 0.5) is 5.13 Å². The number of aromatic nitrogens is 1. The maximum Gasteiger partial charge on any atom is 0.231 e. The van der Waals surface area contributed by atoms with E-state index in [2.05, 4.69) is 4.98 Å². The van der Waals surface area contributed by atoms with Gasteiger partial charge in [-0.05, 0) is 30.4 Å². The molecule has 2 heterocycles. The highest BCUT2D eigenvalue weighted by Gasteiger charge is 2.16. The third kappa shape index (κ3) is 4.43. The van der Waals surface area contributed by atoms with Crippen molar-refractivity contribution in [1.29, 1.82) is 0 Å². The molecule has 0 N–H and O–H groups in total. The first-order valence-corrected chi connectivity index (χ1v) is 10.0. The molecule has 2 aromatic rings. The summed E-state index contributed by atoms with van der Waals surface area (Å²) in [4.78, 5) is 19.4. The molecule has 1 aliphatic heterocycles. The summed E-state index contributed by atoms with van der Waals surface area (Å²) in [6.45, 7) is 1.41. The molecule has 3 rings (SSSR count). The van der Waals surface area contributed by atoms with Crippen LogP contribution in [0.3, 0.4) is 0 Å². The SMILES string of the molecule is O=C(/C=C/c1sc(N(CCCl)CCCl)nc1Cl)c1ccc2c(c1)OCO2. The normalized spacial score (nSPS) is 12.7. The summed E-state index contributed by atoms with van der Waals surface area (Å²) in [7, 11) is 0. The van der Waals surface area contributed by atoms with Gasteiger partial charge in [-0.3, -0.25) is 4.79 Å². The van der Waals surface area contributed by atoms with E-state index in [1.807, 2.05) is 4.90 Å². The first kappa shape index (κ1) is 19.3. The van der Waals surface area contributed by atoms with E-state index in [-0.39, 0.29) is 12.6 Å². The Morgan fingerprint density at radius 3 is 2.69 bits per heavy atom. The van der Waals surface area contributed by atoms with Crippen LogP contribution in [0.2, 0.25) is 5.15 Å². The zero-order chi connectivity index (χ0) is 18.5. The lowest BCUT2D eigenvalue weighted by atomic mass is 10.1. The molecule has 0 spiro atoms. The predicted molar refractivity (Wildman–Crippen MR) is 107 cm³/mol. The number of allylic oxidation sites excluding steroid dienone is 1. The average Bonchev–Trinajstić information content (AvgIpc) is 3.25. The van der Waals surface area contributed by atoms with Gasteiger partial charge in [-0.1, -0.05) is 22.9 Å². The van der Waals surface area contributed by atoms with Gasteiger partial charge in [-0.15, -0.1) is 23.2 Å². The van der Waals surface area contributed by atoms with Gasteiger partial charge in [0.25, 0.3) is 0 Å². The standard InChI is InChI=1S/C17H15Cl3N2O3S/c18-5-7-22(8-6-19)17-21-16(20)15(26-17)4-2-12(23)11-1-3-13-14(9-11)25-10-24-13/h1-4,9H,5-8,10H2/b4-2+. The molecule has 1 aliphatic rings. The summed E-state index contributed by atoms with van der Waals surface area (Å²) >= 11 is 19.2. The van der Waals surface area contributed by atoms with Crippen molar-refractivity contribution in [3.8, 4) is 11.5 Å². The molecule has 0 unspecified atom stereocenters. The van der Waals surface area contributed by atoms with Crippen molar-refractivity contribution in [1.82, 2.24) is 4.98 Å². The Morgan fingerprint density at radius 1 is 1.23 bits per heavy atom. The monoisotopic (exact) mass is 432 g/mol. The van der Waals surface area contributed by atoms with E-state index in [9.17, 15) is 4.79 Å². The number of carbonyl (C=O) groups excluding carboxylic acids is 1. The van der Waals surface area contributed by atoms with Gasteiger partial charge >= 0.3 is 0 Å². The quantitative estimate of drug-likeness (QED) is 0.343. The molecule has 0 fully saturated rings. The topological polar surface area (TPSA) is 51.7 Å². The number of hydrogen-bond acceptors (Lipinski definition) is 6. The van der Waals surface area contributed by atoms with Crippen molar-refractivity contribution < 1.29 is 14.3 Å². The first-order chi connectivity index (χ1) is 12.6. The summed E-state index contributed by atoms with van der Waals surface area (Å²) < 4.78 is 10.5. The predicted octanol–water partition coefficient (Wildman–Crippen LogP) is 4.71. The maximum atomic E-state index is 12.4. The number of ether oxygens (including phenoxy) is 2. The van der Waals surface area contributed by atoms with E-state index in [1.165, 1.54) is 17.4 Å². The summed E-state index contributed by atoms with van der Waals surface area (Å²) in [5.41, 5.74) is 0.511. The van der Waals surface area contributed by atoms with Crippen LogP contribution >= 0.6 is 46.1 Å². The third-order valence-corrected chi connectivity index (χ3v) is 5.44. The molecular weight excluding hydrogens is 419 g/mol. The Kier molecular flexibility index (Phi) is 6.64. The molecule has 26 heavy (non-hydrogen) atoms. The second kappa shape index (κ2) is 8.95.